The van der Waals surface area contributed by atoms with Crippen LogP contribution in [0.25, 0.3) is 0 Å². The Balaban J connectivity index is 2.46. The minimum atomic E-state index is 0.208. The van der Waals surface area contributed by atoms with Crippen LogP contribution in [0, 0.1) is 0 Å². The fourth-order valence-corrected chi connectivity index (χ4v) is 1.51. The Morgan fingerprint density at radius 1 is 0.857 bits per heavy atom. The van der Waals surface area contributed by atoms with Crippen LogP contribution >= 0.6 is 0 Å². The van der Waals surface area contributed by atoms with E-state index in [0.717, 1.165) is 25.7 Å². The second-order valence-electron chi connectivity index (χ2n) is 3.47. The van der Waals surface area contributed by atoms with Gasteiger partial charge >= 0.3 is 0 Å². The number of aliphatic hydroxyl groups excluding tert-OH is 2. The van der Waals surface area contributed by atoms with Gasteiger partial charge in [-0.3, -0.25) is 0 Å². The first-order chi connectivity index (χ1) is 6.86. The van der Waals surface area contributed by atoms with Gasteiger partial charge in [-0.1, -0.05) is 24.3 Å². The molecule has 0 aromatic heterocycles. The minimum Gasteiger partial charge on any atom is -0.396 e. The molecule has 0 saturated heterocycles. The molecular formula is C12H18O2. The van der Waals surface area contributed by atoms with Crippen LogP contribution in [0.4, 0.5) is 0 Å². The highest BCUT2D eigenvalue weighted by atomic mass is 16.3. The molecule has 0 aliphatic rings. The monoisotopic (exact) mass is 194 g/mol. The summed E-state index contributed by atoms with van der Waals surface area (Å²) in [6, 6.07) is 8.29. The smallest absolute Gasteiger partial charge is 0.0471 e. The van der Waals surface area contributed by atoms with Gasteiger partial charge in [0.25, 0.3) is 0 Å². The number of rotatable bonds is 6. The number of hydrogen-bond acceptors (Lipinski definition) is 2. The van der Waals surface area contributed by atoms with Crippen molar-refractivity contribution in [3.05, 3.63) is 35.4 Å². The lowest BCUT2D eigenvalue weighted by atomic mass is 10.0. The van der Waals surface area contributed by atoms with Crippen molar-refractivity contribution in [1.29, 1.82) is 0 Å². The average Bonchev–Trinajstić information content (AvgIpc) is 2.19. The Morgan fingerprint density at radius 3 is 2.21 bits per heavy atom. The lowest BCUT2D eigenvalue weighted by Crippen LogP contribution is -1.93. The molecule has 0 amide bonds. The van der Waals surface area contributed by atoms with E-state index < -0.39 is 0 Å². The van der Waals surface area contributed by atoms with Crippen LogP contribution in [0.5, 0.6) is 0 Å². The lowest BCUT2D eigenvalue weighted by molar-refractivity contribution is 0.284. The minimum absolute atomic E-state index is 0.208. The van der Waals surface area contributed by atoms with Crippen molar-refractivity contribution >= 4 is 0 Å². The van der Waals surface area contributed by atoms with Crippen molar-refractivity contribution in [3.63, 3.8) is 0 Å². The maximum absolute atomic E-state index is 8.79. The predicted octanol–water partition coefficient (Wildman–Crippen LogP) is 1.54. The molecule has 0 radical (unpaired) electrons. The summed E-state index contributed by atoms with van der Waals surface area (Å²) in [7, 11) is 0. The third-order valence-corrected chi connectivity index (χ3v) is 2.27. The molecule has 1 rings (SSSR count). The number of aryl methyl sites for hydroxylation is 1. The average molecular weight is 194 g/mol. The second kappa shape index (κ2) is 6.57. The van der Waals surface area contributed by atoms with Gasteiger partial charge in [-0.05, 0) is 36.8 Å². The van der Waals surface area contributed by atoms with Gasteiger partial charge in [0.05, 0.1) is 0 Å². The van der Waals surface area contributed by atoms with E-state index in [4.69, 9.17) is 10.2 Å². The third-order valence-electron chi connectivity index (χ3n) is 2.27. The van der Waals surface area contributed by atoms with Crippen LogP contribution in [0.1, 0.15) is 24.0 Å². The first kappa shape index (κ1) is 11.2. The topological polar surface area (TPSA) is 40.5 Å². The molecule has 0 atom stereocenters. The van der Waals surface area contributed by atoms with Gasteiger partial charge in [0.15, 0.2) is 0 Å². The molecule has 0 aliphatic carbocycles. The van der Waals surface area contributed by atoms with Crippen LogP contribution in [-0.2, 0) is 12.8 Å². The fraction of sp³-hybridized carbons (Fsp3) is 0.500. The zero-order valence-corrected chi connectivity index (χ0v) is 8.45. The summed E-state index contributed by atoms with van der Waals surface area (Å²) in [5.41, 5.74) is 2.48. The summed E-state index contributed by atoms with van der Waals surface area (Å²) in [6.07, 6.45) is 3.64. The van der Waals surface area contributed by atoms with Crippen molar-refractivity contribution in [3.8, 4) is 0 Å². The van der Waals surface area contributed by atoms with E-state index in [-0.39, 0.29) is 13.2 Å². The second-order valence-corrected chi connectivity index (χ2v) is 3.47. The quantitative estimate of drug-likeness (QED) is 0.674. The van der Waals surface area contributed by atoms with E-state index in [1.807, 2.05) is 12.1 Å². The maximum atomic E-state index is 8.79. The van der Waals surface area contributed by atoms with Crippen molar-refractivity contribution in [1.82, 2.24) is 0 Å². The molecule has 0 spiro atoms. The van der Waals surface area contributed by atoms with Crippen molar-refractivity contribution in [2.45, 2.75) is 25.7 Å². The molecule has 78 valence electrons. The Labute approximate surface area is 85.2 Å². The normalized spacial score (nSPS) is 10.4. The van der Waals surface area contributed by atoms with Crippen molar-refractivity contribution in [2.75, 3.05) is 13.2 Å². The van der Waals surface area contributed by atoms with E-state index in [2.05, 4.69) is 12.1 Å². The molecule has 1 aromatic carbocycles. The number of benzene rings is 1. The summed E-state index contributed by atoms with van der Waals surface area (Å²) < 4.78 is 0. The molecule has 0 bridgehead atoms. The molecule has 1 aromatic rings. The van der Waals surface area contributed by atoms with Crippen molar-refractivity contribution < 1.29 is 10.2 Å². The highest BCUT2D eigenvalue weighted by Crippen LogP contribution is 2.09. The largest absolute Gasteiger partial charge is 0.396 e. The van der Waals surface area contributed by atoms with Gasteiger partial charge in [0, 0.05) is 13.2 Å². The molecule has 0 unspecified atom stereocenters. The van der Waals surface area contributed by atoms with Crippen LogP contribution in [0.3, 0.4) is 0 Å². The number of unbranched alkanes of at least 4 members (excludes halogenated alkanes) is 1. The summed E-state index contributed by atoms with van der Waals surface area (Å²) in [5, 5.41) is 17.4. The first-order valence-corrected chi connectivity index (χ1v) is 5.16. The Bertz CT molecular complexity index is 258. The molecule has 2 heteroatoms. The summed E-state index contributed by atoms with van der Waals surface area (Å²) in [6.45, 7) is 0.483. The van der Waals surface area contributed by atoms with E-state index >= 15 is 0 Å². The van der Waals surface area contributed by atoms with E-state index in [9.17, 15) is 0 Å². The van der Waals surface area contributed by atoms with Crippen LogP contribution in [0.15, 0.2) is 24.3 Å². The van der Waals surface area contributed by atoms with Gasteiger partial charge in [-0.2, -0.15) is 0 Å². The SMILES string of the molecule is OCCCCc1cccc(CCO)c1. The van der Waals surface area contributed by atoms with Crippen LogP contribution < -0.4 is 0 Å². The highest BCUT2D eigenvalue weighted by Gasteiger charge is 1.95. The highest BCUT2D eigenvalue weighted by molar-refractivity contribution is 5.23. The van der Waals surface area contributed by atoms with Gasteiger partial charge in [-0.25, -0.2) is 0 Å². The molecule has 0 heterocycles. The molecule has 0 saturated carbocycles. The summed E-state index contributed by atoms with van der Waals surface area (Å²) >= 11 is 0. The van der Waals surface area contributed by atoms with Crippen LogP contribution in [-0.4, -0.2) is 23.4 Å². The molecule has 0 aliphatic heterocycles. The molecule has 14 heavy (non-hydrogen) atoms. The van der Waals surface area contributed by atoms with Crippen molar-refractivity contribution in [2.24, 2.45) is 0 Å². The molecule has 2 nitrogen and oxygen atoms in total. The Hall–Kier alpha value is -0.860. The maximum Gasteiger partial charge on any atom is 0.0471 e. The van der Waals surface area contributed by atoms with Gasteiger partial charge in [-0.15, -0.1) is 0 Å². The molecule has 0 fully saturated rings. The fourth-order valence-electron chi connectivity index (χ4n) is 1.51. The van der Waals surface area contributed by atoms with Gasteiger partial charge in [0.1, 0.15) is 0 Å². The molecule has 2 N–H and O–H groups in total. The molecular weight excluding hydrogens is 176 g/mol. The first-order valence-electron chi connectivity index (χ1n) is 5.16. The van der Waals surface area contributed by atoms with Gasteiger partial charge < -0.3 is 10.2 Å². The predicted molar refractivity (Wildman–Crippen MR) is 57.3 cm³/mol. The van der Waals surface area contributed by atoms with Gasteiger partial charge in [0.2, 0.25) is 0 Å². The zero-order valence-electron chi connectivity index (χ0n) is 8.45. The summed E-state index contributed by atoms with van der Waals surface area (Å²) in [4.78, 5) is 0. The third kappa shape index (κ3) is 3.90. The standard InChI is InChI=1S/C12H18O2/c13-8-2-1-4-11-5-3-6-12(10-11)7-9-14/h3,5-6,10,13-14H,1-2,4,7-9H2. The summed E-state index contributed by atoms with van der Waals surface area (Å²) in [5.74, 6) is 0. The Kier molecular flexibility index (Phi) is 5.27. The van der Waals surface area contributed by atoms with E-state index in [1.165, 1.54) is 11.1 Å². The number of hydrogen-bond donors (Lipinski definition) is 2. The lowest BCUT2D eigenvalue weighted by Gasteiger charge is -2.03. The number of aliphatic hydroxyl groups is 2. The zero-order chi connectivity index (χ0) is 10.2. The van der Waals surface area contributed by atoms with E-state index in [1.54, 1.807) is 0 Å². The van der Waals surface area contributed by atoms with Crippen LogP contribution in [0.2, 0.25) is 0 Å². The Morgan fingerprint density at radius 2 is 1.57 bits per heavy atom. The van der Waals surface area contributed by atoms with E-state index in [0.29, 0.717) is 0 Å².